The van der Waals surface area contributed by atoms with E-state index in [4.69, 9.17) is 5.73 Å². The van der Waals surface area contributed by atoms with E-state index in [1.165, 1.54) is 6.42 Å². The lowest BCUT2D eigenvalue weighted by Crippen LogP contribution is -2.42. The maximum atomic E-state index is 9.73. The highest BCUT2D eigenvalue weighted by Crippen LogP contribution is 2.30. The highest BCUT2D eigenvalue weighted by Gasteiger charge is 2.24. The minimum absolute atomic E-state index is 0.209. The van der Waals surface area contributed by atoms with Crippen molar-refractivity contribution in [1.29, 1.82) is 0 Å². The largest absolute Gasteiger partial charge is 0.508 e. The van der Waals surface area contributed by atoms with Gasteiger partial charge in [0, 0.05) is 30.7 Å². The molecule has 2 aromatic rings. The van der Waals surface area contributed by atoms with E-state index >= 15 is 0 Å². The molecule has 20 heavy (non-hydrogen) atoms. The molecule has 0 radical (unpaired) electrons. The van der Waals surface area contributed by atoms with Gasteiger partial charge in [0.15, 0.2) is 0 Å². The van der Waals surface area contributed by atoms with E-state index in [0.717, 1.165) is 36.1 Å². The number of benzene rings is 1. The normalized spacial score (nSPS) is 21.1. The number of aromatic hydroxyl groups is 1. The number of phenols is 1. The van der Waals surface area contributed by atoms with E-state index < -0.39 is 0 Å². The molecular formula is C16H21N3O. The topological polar surface area (TPSA) is 62.4 Å². The number of hydrogen-bond donors (Lipinski definition) is 2. The molecule has 1 aliphatic heterocycles. The van der Waals surface area contributed by atoms with Crippen molar-refractivity contribution in [1.82, 2.24) is 4.98 Å². The molecule has 4 heteroatoms. The Bertz CT molecular complexity index is 612. The Morgan fingerprint density at radius 1 is 1.40 bits per heavy atom. The van der Waals surface area contributed by atoms with Crippen LogP contribution in [0.25, 0.3) is 10.8 Å². The van der Waals surface area contributed by atoms with Crippen molar-refractivity contribution < 1.29 is 5.11 Å². The van der Waals surface area contributed by atoms with Gasteiger partial charge < -0.3 is 15.7 Å². The van der Waals surface area contributed by atoms with Crippen LogP contribution in [-0.2, 0) is 0 Å². The van der Waals surface area contributed by atoms with Gasteiger partial charge in [0.05, 0.1) is 0 Å². The Kier molecular flexibility index (Phi) is 3.49. The van der Waals surface area contributed by atoms with Gasteiger partial charge in [-0.2, -0.15) is 0 Å². The fourth-order valence-corrected chi connectivity index (χ4v) is 3.02. The summed E-state index contributed by atoms with van der Waals surface area (Å²) >= 11 is 0. The predicted octanol–water partition coefficient (Wildman–Crippen LogP) is 2.50. The summed E-state index contributed by atoms with van der Waals surface area (Å²) in [6.45, 7) is 4.03. The first-order chi connectivity index (χ1) is 9.65. The van der Waals surface area contributed by atoms with Gasteiger partial charge in [-0.25, -0.2) is 4.98 Å². The third-order valence-corrected chi connectivity index (χ3v) is 4.23. The lowest BCUT2D eigenvalue weighted by molar-refractivity contribution is 0.363. The van der Waals surface area contributed by atoms with E-state index in [1.54, 1.807) is 12.1 Å². The minimum atomic E-state index is 0.209. The van der Waals surface area contributed by atoms with Crippen LogP contribution in [0.5, 0.6) is 5.75 Å². The van der Waals surface area contributed by atoms with Gasteiger partial charge in [-0.05, 0) is 49.3 Å². The lowest BCUT2D eigenvalue weighted by atomic mass is 9.92. The number of piperidine rings is 1. The summed E-state index contributed by atoms with van der Waals surface area (Å²) in [6, 6.07) is 7.63. The second kappa shape index (κ2) is 5.29. The first-order valence-corrected chi connectivity index (χ1v) is 7.23. The van der Waals surface area contributed by atoms with Crippen LogP contribution in [0.2, 0.25) is 0 Å². The first kappa shape index (κ1) is 13.2. The second-order valence-electron chi connectivity index (χ2n) is 5.75. The average Bonchev–Trinajstić information content (AvgIpc) is 2.46. The molecule has 0 saturated carbocycles. The molecule has 3 rings (SSSR count). The SMILES string of the molecule is CC(N)C1CCCN(c2nccc3ccc(O)cc23)C1. The molecule has 0 aliphatic carbocycles. The molecule has 1 aliphatic rings. The Morgan fingerprint density at radius 3 is 3.05 bits per heavy atom. The molecule has 2 heterocycles. The van der Waals surface area contributed by atoms with Crippen molar-refractivity contribution in [3.05, 3.63) is 30.5 Å². The molecule has 3 N–H and O–H groups in total. The quantitative estimate of drug-likeness (QED) is 0.881. The molecule has 106 valence electrons. The van der Waals surface area contributed by atoms with E-state index in [1.807, 2.05) is 18.3 Å². The second-order valence-corrected chi connectivity index (χ2v) is 5.75. The zero-order valence-electron chi connectivity index (χ0n) is 11.8. The number of hydrogen-bond acceptors (Lipinski definition) is 4. The van der Waals surface area contributed by atoms with Crippen molar-refractivity contribution in [3.63, 3.8) is 0 Å². The zero-order chi connectivity index (χ0) is 14.1. The van der Waals surface area contributed by atoms with Gasteiger partial charge in [0.1, 0.15) is 11.6 Å². The number of nitrogens with two attached hydrogens (primary N) is 1. The standard InChI is InChI=1S/C16H21N3O/c1-11(17)13-3-2-8-19(10-13)16-15-9-14(20)5-4-12(15)6-7-18-16/h4-7,9,11,13,20H,2-3,8,10,17H2,1H3. The summed E-state index contributed by atoms with van der Waals surface area (Å²) in [6.07, 6.45) is 4.16. The van der Waals surface area contributed by atoms with Gasteiger partial charge in [-0.1, -0.05) is 6.07 Å². The highest BCUT2D eigenvalue weighted by atomic mass is 16.3. The Morgan fingerprint density at radius 2 is 2.25 bits per heavy atom. The summed E-state index contributed by atoms with van der Waals surface area (Å²) in [5.74, 6) is 1.76. The molecule has 0 amide bonds. The summed E-state index contributed by atoms with van der Waals surface area (Å²) in [7, 11) is 0. The van der Waals surface area contributed by atoms with Crippen molar-refractivity contribution >= 4 is 16.6 Å². The third-order valence-electron chi connectivity index (χ3n) is 4.23. The number of pyridine rings is 1. The van der Waals surface area contributed by atoms with Crippen LogP contribution in [0.1, 0.15) is 19.8 Å². The number of rotatable bonds is 2. The lowest BCUT2D eigenvalue weighted by Gasteiger charge is -2.35. The number of phenolic OH excluding ortho intramolecular Hbond substituents is 1. The van der Waals surface area contributed by atoms with Crippen LogP contribution in [0, 0.1) is 5.92 Å². The summed E-state index contributed by atoms with van der Waals surface area (Å²) in [5.41, 5.74) is 6.06. The van der Waals surface area contributed by atoms with Gasteiger partial charge in [-0.15, -0.1) is 0 Å². The number of aromatic nitrogens is 1. The average molecular weight is 271 g/mol. The Labute approximate surface area is 119 Å². The number of anilines is 1. The molecule has 0 bridgehead atoms. The van der Waals surface area contributed by atoms with Crippen LogP contribution in [0.4, 0.5) is 5.82 Å². The maximum Gasteiger partial charge on any atom is 0.136 e. The molecule has 1 aromatic carbocycles. The summed E-state index contributed by atoms with van der Waals surface area (Å²) in [4.78, 5) is 6.84. The van der Waals surface area contributed by atoms with E-state index in [-0.39, 0.29) is 11.8 Å². The summed E-state index contributed by atoms with van der Waals surface area (Å²) in [5, 5.41) is 11.8. The monoisotopic (exact) mass is 271 g/mol. The maximum absolute atomic E-state index is 9.73. The van der Waals surface area contributed by atoms with E-state index in [2.05, 4.69) is 16.8 Å². The van der Waals surface area contributed by atoms with E-state index in [0.29, 0.717) is 5.92 Å². The highest BCUT2D eigenvalue weighted by molar-refractivity contribution is 5.93. The van der Waals surface area contributed by atoms with Crippen LogP contribution in [0.3, 0.4) is 0 Å². The third kappa shape index (κ3) is 2.43. The molecule has 1 aromatic heterocycles. The minimum Gasteiger partial charge on any atom is -0.508 e. The van der Waals surface area contributed by atoms with Crippen LogP contribution in [-0.4, -0.2) is 29.2 Å². The van der Waals surface area contributed by atoms with Crippen molar-refractivity contribution in [2.75, 3.05) is 18.0 Å². The summed E-state index contributed by atoms with van der Waals surface area (Å²) < 4.78 is 0. The Hall–Kier alpha value is -1.81. The van der Waals surface area contributed by atoms with Gasteiger partial charge in [0.25, 0.3) is 0 Å². The van der Waals surface area contributed by atoms with Crippen LogP contribution < -0.4 is 10.6 Å². The van der Waals surface area contributed by atoms with Gasteiger partial charge in [0.2, 0.25) is 0 Å². The molecule has 1 saturated heterocycles. The Balaban J connectivity index is 1.99. The molecule has 2 unspecified atom stereocenters. The van der Waals surface area contributed by atoms with Crippen molar-refractivity contribution in [2.24, 2.45) is 11.7 Å². The fourth-order valence-electron chi connectivity index (χ4n) is 3.02. The first-order valence-electron chi connectivity index (χ1n) is 7.23. The molecule has 0 spiro atoms. The molecule has 2 atom stereocenters. The van der Waals surface area contributed by atoms with Gasteiger partial charge >= 0.3 is 0 Å². The van der Waals surface area contributed by atoms with Crippen LogP contribution >= 0.6 is 0 Å². The van der Waals surface area contributed by atoms with E-state index in [9.17, 15) is 5.11 Å². The smallest absolute Gasteiger partial charge is 0.136 e. The van der Waals surface area contributed by atoms with Crippen molar-refractivity contribution in [3.8, 4) is 5.75 Å². The number of nitrogens with zero attached hydrogens (tertiary/aromatic N) is 2. The fraction of sp³-hybridized carbons (Fsp3) is 0.438. The predicted molar refractivity (Wildman–Crippen MR) is 82.0 cm³/mol. The molecule has 4 nitrogen and oxygen atoms in total. The zero-order valence-corrected chi connectivity index (χ0v) is 11.8. The molecule has 1 fully saturated rings. The number of fused-ring (bicyclic) bond motifs is 1. The van der Waals surface area contributed by atoms with Crippen LogP contribution in [0.15, 0.2) is 30.5 Å². The van der Waals surface area contributed by atoms with Crippen molar-refractivity contribution in [2.45, 2.75) is 25.8 Å². The van der Waals surface area contributed by atoms with Gasteiger partial charge in [-0.3, -0.25) is 0 Å². The molecular weight excluding hydrogens is 250 g/mol.